The topological polar surface area (TPSA) is 73.6 Å². The lowest BCUT2D eigenvalue weighted by molar-refractivity contribution is 0.102. The fraction of sp³-hybridized carbons (Fsp3) is 0.0714. The van der Waals surface area contributed by atoms with Gasteiger partial charge in [-0.2, -0.15) is 0 Å². The third kappa shape index (κ3) is 4.76. The summed E-state index contributed by atoms with van der Waals surface area (Å²) in [7, 11) is 1.61. The predicted octanol–water partition coefficient (Wildman–Crippen LogP) is 6.33. The van der Waals surface area contributed by atoms with Crippen LogP contribution in [0.2, 0.25) is 0 Å². The highest BCUT2D eigenvalue weighted by molar-refractivity contribution is 6.04. The van der Waals surface area contributed by atoms with Crippen molar-refractivity contribution in [3.05, 3.63) is 108 Å². The molecule has 168 valence electrons. The molecule has 0 saturated heterocycles. The Morgan fingerprint density at radius 3 is 2.59 bits per heavy atom. The quantitative estimate of drug-likeness (QED) is 0.313. The molecule has 5 rings (SSSR count). The molecule has 5 aromatic rings. The molecule has 1 aromatic heterocycles. The molecule has 1 amide bonds. The van der Waals surface area contributed by atoms with Crippen molar-refractivity contribution in [2.24, 2.45) is 0 Å². The molecule has 0 unspecified atom stereocenters. The fourth-order valence-electron chi connectivity index (χ4n) is 3.56. The third-order valence-electron chi connectivity index (χ3n) is 5.31. The van der Waals surface area contributed by atoms with Gasteiger partial charge in [0.2, 0.25) is 5.89 Å². The van der Waals surface area contributed by atoms with Crippen molar-refractivity contribution < 1.29 is 18.7 Å². The minimum Gasteiger partial charge on any atom is -0.497 e. The average Bonchev–Trinajstić information content (AvgIpc) is 3.32. The molecular weight excluding hydrogens is 428 g/mol. The summed E-state index contributed by atoms with van der Waals surface area (Å²) < 4.78 is 17.0. The van der Waals surface area contributed by atoms with E-state index in [1.807, 2.05) is 78.9 Å². The predicted molar refractivity (Wildman–Crippen MR) is 131 cm³/mol. The zero-order chi connectivity index (χ0) is 23.3. The first-order valence-electron chi connectivity index (χ1n) is 10.8. The number of oxazole rings is 1. The van der Waals surface area contributed by atoms with Crippen LogP contribution >= 0.6 is 0 Å². The van der Waals surface area contributed by atoms with Crippen LogP contribution in [0.4, 0.5) is 5.69 Å². The van der Waals surface area contributed by atoms with Gasteiger partial charge in [-0.3, -0.25) is 4.79 Å². The zero-order valence-electron chi connectivity index (χ0n) is 18.5. The summed E-state index contributed by atoms with van der Waals surface area (Å²) in [5, 5.41) is 2.94. The van der Waals surface area contributed by atoms with E-state index in [0.29, 0.717) is 46.3 Å². The van der Waals surface area contributed by atoms with Gasteiger partial charge in [0.05, 0.1) is 7.11 Å². The van der Waals surface area contributed by atoms with Gasteiger partial charge in [-0.05, 0) is 54.1 Å². The minimum atomic E-state index is -0.232. The van der Waals surface area contributed by atoms with Crippen LogP contribution in [0.5, 0.6) is 11.5 Å². The van der Waals surface area contributed by atoms with Crippen LogP contribution in [0.25, 0.3) is 22.6 Å². The van der Waals surface area contributed by atoms with Crippen LogP contribution in [-0.4, -0.2) is 18.0 Å². The summed E-state index contributed by atoms with van der Waals surface area (Å²) in [6, 6.07) is 29.9. The monoisotopic (exact) mass is 450 g/mol. The van der Waals surface area contributed by atoms with Gasteiger partial charge in [0, 0.05) is 22.9 Å². The summed E-state index contributed by atoms with van der Waals surface area (Å²) in [5.41, 5.74) is 4.33. The lowest BCUT2D eigenvalue weighted by Crippen LogP contribution is -2.12. The molecule has 0 saturated carbocycles. The molecule has 1 heterocycles. The van der Waals surface area contributed by atoms with E-state index in [9.17, 15) is 4.79 Å². The Hall–Kier alpha value is -4.58. The maximum atomic E-state index is 12.9. The summed E-state index contributed by atoms with van der Waals surface area (Å²) >= 11 is 0. The number of aromatic nitrogens is 1. The fourth-order valence-corrected chi connectivity index (χ4v) is 3.56. The van der Waals surface area contributed by atoms with Gasteiger partial charge in [-0.15, -0.1) is 0 Å². The first kappa shape index (κ1) is 21.3. The molecule has 6 nitrogen and oxygen atoms in total. The number of anilines is 1. The van der Waals surface area contributed by atoms with E-state index in [2.05, 4.69) is 10.3 Å². The number of fused-ring (bicyclic) bond motifs is 1. The number of hydrogen-bond donors (Lipinski definition) is 1. The normalized spacial score (nSPS) is 10.7. The van der Waals surface area contributed by atoms with Gasteiger partial charge in [-0.25, -0.2) is 4.98 Å². The molecule has 4 aromatic carbocycles. The number of benzene rings is 4. The van der Waals surface area contributed by atoms with E-state index in [0.717, 1.165) is 11.1 Å². The SMILES string of the molecule is COc1ccc2oc(-c3cccc(NC(=O)c4cccc(OCc5ccccc5)c4)c3)nc2c1. The average molecular weight is 450 g/mol. The van der Waals surface area contributed by atoms with Gasteiger partial charge in [-0.1, -0.05) is 42.5 Å². The van der Waals surface area contributed by atoms with Gasteiger partial charge in [0.15, 0.2) is 5.58 Å². The standard InChI is InChI=1S/C28H22N2O4/c1-32-23-13-14-26-25(17-23)30-28(34-26)21-10-5-11-22(15-21)29-27(31)20-9-6-12-24(16-20)33-18-19-7-3-2-4-8-19/h2-17H,18H2,1H3,(H,29,31). The van der Waals surface area contributed by atoms with E-state index in [4.69, 9.17) is 13.9 Å². The Labute approximate surface area is 196 Å². The van der Waals surface area contributed by atoms with E-state index in [-0.39, 0.29) is 5.91 Å². The number of carbonyl (C=O) groups excluding carboxylic acids is 1. The second kappa shape index (κ2) is 9.50. The van der Waals surface area contributed by atoms with Crippen LogP contribution in [0.1, 0.15) is 15.9 Å². The molecule has 34 heavy (non-hydrogen) atoms. The lowest BCUT2D eigenvalue weighted by atomic mass is 10.1. The Kier molecular flexibility index (Phi) is 5.95. The van der Waals surface area contributed by atoms with Crippen LogP contribution < -0.4 is 14.8 Å². The smallest absolute Gasteiger partial charge is 0.255 e. The Morgan fingerprint density at radius 1 is 0.882 bits per heavy atom. The molecule has 0 aliphatic carbocycles. The number of nitrogens with one attached hydrogen (secondary N) is 1. The zero-order valence-corrected chi connectivity index (χ0v) is 18.5. The third-order valence-corrected chi connectivity index (χ3v) is 5.31. The summed E-state index contributed by atoms with van der Waals surface area (Å²) in [6.07, 6.45) is 0. The molecule has 0 bridgehead atoms. The number of methoxy groups -OCH3 is 1. The molecular formula is C28H22N2O4. The van der Waals surface area contributed by atoms with Crippen molar-refractivity contribution in [2.45, 2.75) is 6.61 Å². The lowest BCUT2D eigenvalue weighted by Gasteiger charge is -2.09. The van der Waals surface area contributed by atoms with Crippen molar-refractivity contribution in [2.75, 3.05) is 12.4 Å². The number of ether oxygens (including phenoxy) is 2. The van der Waals surface area contributed by atoms with Gasteiger partial charge in [0.25, 0.3) is 5.91 Å². The van der Waals surface area contributed by atoms with Crippen molar-refractivity contribution in [1.29, 1.82) is 0 Å². The van der Waals surface area contributed by atoms with Crippen molar-refractivity contribution in [3.63, 3.8) is 0 Å². The molecule has 0 fully saturated rings. The molecule has 6 heteroatoms. The van der Waals surface area contributed by atoms with E-state index < -0.39 is 0 Å². The number of amides is 1. The van der Waals surface area contributed by atoms with Crippen LogP contribution in [0, 0.1) is 0 Å². The van der Waals surface area contributed by atoms with E-state index in [1.54, 1.807) is 25.3 Å². The highest BCUT2D eigenvalue weighted by Gasteiger charge is 2.12. The maximum Gasteiger partial charge on any atom is 0.255 e. The Bertz CT molecular complexity index is 1440. The first-order chi connectivity index (χ1) is 16.7. The second-order valence-electron chi connectivity index (χ2n) is 7.69. The van der Waals surface area contributed by atoms with Crippen LogP contribution in [-0.2, 0) is 6.61 Å². The highest BCUT2D eigenvalue weighted by Crippen LogP contribution is 2.28. The van der Waals surface area contributed by atoms with Gasteiger partial charge >= 0.3 is 0 Å². The number of carbonyl (C=O) groups is 1. The minimum absolute atomic E-state index is 0.232. The molecule has 1 N–H and O–H groups in total. The van der Waals surface area contributed by atoms with Crippen LogP contribution in [0.3, 0.4) is 0 Å². The van der Waals surface area contributed by atoms with Crippen LogP contribution in [0.15, 0.2) is 101 Å². The maximum absolute atomic E-state index is 12.9. The Morgan fingerprint density at radius 2 is 1.74 bits per heavy atom. The molecule has 0 atom stereocenters. The first-order valence-corrected chi connectivity index (χ1v) is 10.8. The van der Waals surface area contributed by atoms with E-state index in [1.165, 1.54) is 0 Å². The molecule has 0 aliphatic rings. The van der Waals surface area contributed by atoms with Crippen molar-refractivity contribution in [3.8, 4) is 23.0 Å². The number of nitrogens with zero attached hydrogens (tertiary/aromatic N) is 1. The number of hydrogen-bond acceptors (Lipinski definition) is 5. The molecule has 0 spiro atoms. The molecule has 0 radical (unpaired) electrons. The molecule has 0 aliphatic heterocycles. The highest BCUT2D eigenvalue weighted by atomic mass is 16.5. The summed E-state index contributed by atoms with van der Waals surface area (Å²) in [6.45, 7) is 0.435. The second-order valence-corrected chi connectivity index (χ2v) is 7.69. The summed E-state index contributed by atoms with van der Waals surface area (Å²) in [4.78, 5) is 17.4. The van der Waals surface area contributed by atoms with Gasteiger partial charge in [0.1, 0.15) is 23.6 Å². The Balaban J connectivity index is 1.30. The summed E-state index contributed by atoms with van der Waals surface area (Å²) in [5.74, 6) is 1.58. The largest absolute Gasteiger partial charge is 0.497 e. The number of rotatable bonds is 7. The van der Waals surface area contributed by atoms with E-state index >= 15 is 0 Å². The van der Waals surface area contributed by atoms with Gasteiger partial charge < -0.3 is 19.2 Å². The van der Waals surface area contributed by atoms with Crippen molar-refractivity contribution in [1.82, 2.24) is 4.98 Å². The van der Waals surface area contributed by atoms with Crippen molar-refractivity contribution >= 4 is 22.7 Å².